The van der Waals surface area contributed by atoms with E-state index in [1.807, 2.05) is 30.3 Å². The largest absolute Gasteiger partial charge is 0.497 e. The van der Waals surface area contributed by atoms with E-state index in [4.69, 9.17) is 9.47 Å². The third-order valence-corrected chi connectivity index (χ3v) is 4.29. The summed E-state index contributed by atoms with van der Waals surface area (Å²) in [4.78, 5) is 0. The van der Waals surface area contributed by atoms with Crippen LogP contribution in [0.3, 0.4) is 0 Å². The third kappa shape index (κ3) is 5.11. The highest BCUT2D eigenvalue weighted by atomic mass is 16.5. The van der Waals surface area contributed by atoms with Gasteiger partial charge in [0.25, 0.3) is 0 Å². The van der Waals surface area contributed by atoms with Crippen LogP contribution in [-0.2, 0) is 19.7 Å². The van der Waals surface area contributed by atoms with E-state index >= 15 is 0 Å². The first-order valence-corrected chi connectivity index (χ1v) is 8.84. The number of hydrogen-bond donors (Lipinski definition) is 1. The molecular weight excluding hydrogens is 322 g/mol. The topological polar surface area (TPSA) is 30.5 Å². The Morgan fingerprint density at radius 1 is 0.769 bits per heavy atom. The number of hydrogen-bond acceptors (Lipinski definition) is 3. The number of nitrogens with one attached hydrogen (secondary N) is 1. The van der Waals surface area contributed by atoms with Gasteiger partial charge in [-0.3, -0.25) is 0 Å². The summed E-state index contributed by atoms with van der Waals surface area (Å²) in [5.74, 6) is 1.80. The Hall–Kier alpha value is -2.78. The van der Waals surface area contributed by atoms with Crippen molar-refractivity contribution in [2.45, 2.75) is 26.6 Å². The average molecular weight is 347 g/mol. The molecule has 0 fully saturated rings. The molecule has 3 nitrogen and oxygen atoms in total. The average Bonchev–Trinajstić information content (AvgIpc) is 2.69. The van der Waals surface area contributed by atoms with Gasteiger partial charge in [-0.05, 0) is 36.2 Å². The first-order chi connectivity index (χ1) is 12.7. The molecule has 0 atom stereocenters. The first-order valence-electron chi connectivity index (χ1n) is 8.84. The van der Waals surface area contributed by atoms with Gasteiger partial charge in [0.1, 0.15) is 18.1 Å². The summed E-state index contributed by atoms with van der Waals surface area (Å²) in [5.41, 5.74) is 4.82. The van der Waals surface area contributed by atoms with Crippen LogP contribution in [0.5, 0.6) is 11.5 Å². The summed E-state index contributed by atoms with van der Waals surface area (Å²) in [6, 6.07) is 24.7. The first kappa shape index (κ1) is 18.0. The van der Waals surface area contributed by atoms with Crippen LogP contribution in [0.25, 0.3) is 0 Å². The Morgan fingerprint density at radius 3 is 2.19 bits per heavy atom. The minimum absolute atomic E-state index is 0.579. The highest BCUT2D eigenvalue weighted by Crippen LogP contribution is 2.20. The van der Waals surface area contributed by atoms with E-state index in [9.17, 15) is 0 Å². The molecule has 0 aliphatic carbocycles. The second-order valence-electron chi connectivity index (χ2n) is 6.33. The van der Waals surface area contributed by atoms with Gasteiger partial charge >= 0.3 is 0 Å². The maximum atomic E-state index is 6.04. The zero-order chi connectivity index (χ0) is 18.2. The van der Waals surface area contributed by atoms with E-state index in [0.717, 1.165) is 30.2 Å². The van der Waals surface area contributed by atoms with Crippen molar-refractivity contribution in [1.29, 1.82) is 0 Å². The van der Waals surface area contributed by atoms with Crippen molar-refractivity contribution >= 4 is 0 Å². The van der Waals surface area contributed by atoms with Crippen LogP contribution >= 0.6 is 0 Å². The van der Waals surface area contributed by atoms with Crippen LogP contribution in [0.4, 0.5) is 0 Å². The normalized spacial score (nSPS) is 10.5. The number of benzene rings is 3. The third-order valence-electron chi connectivity index (χ3n) is 4.29. The zero-order valence-electron chi connectivity index (χ0n) is 15.4. The maximum absolute atomic E-state index is 6.04. The fourth-order valence-electron chi connectivity index (χ4n) is 2.72. The minimum Gasteiger partial charge on any atom is -0.497 e. The van der Waals surface area contributed by atoms with Gasteiger partial charge in [-0.25, -0.2) is 0 Å². The Balaban J connectivity index is 1.55. The predicted molar refractivity (Wildman–Crippen MR) is 105 cm³/mol. The van der Waals surface area contributed by atoms with E-state index < -0.39 is 0 Å². The van der Waals surface area contributed by atoms with Gasteiger partial charge in [0.2, 0.25) is 0 Å². The Kier molecular flexibility index (Phi) is 6.29. The van der Waals surface area contributed by atoms with Gasteiger partial charge in [-0.2, -0.15) is 0 Å². The molecule has 3 heteroatoms. The smallest absolute Gasteiger partial charge is 0.124 e. The summed E-state index contributed by atoms with van der Waals surface area (Å²) in [6.45, 7) is 4.23. The second-order valence-corrected chi connectivity index (χ2v) is 6.33. The van der Waals surface area contributed by atoms with Crippen LogP contribution in [0.2, 0.25) is 0 Å². The van der Waals surface area contributed by atoms with Crippen molar-refractivity contribution in [2.24, 2.45) is 0 Å². The molecule has 1 N–H and O–H groups in total. The summed E-state index contributed by atoms with van der Waals surface area (Å²) >= 11 is 0. The van der Waals surface area contributed by atoms with Gasteiger partial charge in [0.05, 0.1) is 7.11 Å². The van der Waals surface area contributed by atoms with E-state index in [1.165, 1.54) is 16.7 Å². The lowest BCUT2D eigenvalue weighted by Gasteiger charge is -2.13. The molecule has 0 bridgehead atoms. The molecule has 0 heterocycles. The Morgan fingerprint density at radius 2 is 1.46 bits per heavy atom. The highest BCUT2D eigenvalue weighted by molar-refractivity contribution is 5.34. The molecule has 0 saturated carbocycles. The molecule has 3 aromatic rings. The Labute approximate surface area is 155 Å². The van der Waals surface area contributed by atoms with Crippen molar-refractivity contribution in [3.8, 4) is 11.5 Å². The summed E-state index contributed by atoms with van der Waals surface area (Å²) in [7, 11) is 1.68. The van der Waals surface area contributed by atoms with Crippen molar-refractivity contribution in [3.05, 3.63) is 95.1 Å². The second kappa shape index (κ2) is 9.07. The minimum atomic E-state index is 0.579. The summed E-state index contributed by atoms with van der Waals surface area (Å²) < 4.78 is 11.2. The van der Waals surface area contributed by atoms with Crippen LogP contribution in [-0.4, -0.2) is 7.11 Å². The quantitative estimate of drug-likeness (QED) is 0.630. The lowest BCUT2D eigenvalue weighted by atomic mass is 10.1. The fraction of sp³-hybridized carbons (Fsp3) is 0.217. The van der Waals surface area contributed by atoms with Gasteiger partial charge in [0, 0.05) is 18.7 Å². The monoisotopic (exact) mass is 347 g/mol. The maximum Gasteiger partial charge on any atom is 0.124 e. The van der Waals surface area contributed by atoms with Crippen molar-refractivity contribution < 1.29 is 9.47 Å². The van der Waals surface area contributed by atoms with Crippen molar-refractivity contribution in [1.82, 2.24) is 5.32 Å². The Bertz CT molecular complexity index is 810. The van der Waals surface area contributed by atoms with E-state index in [0.29, 0.717) is 6.61 Å². The van der Waals surface area contributed by atoms with E-state index in [-0.39, 0.29) is 0 Å². The number of aryl methyl sites for hydroxylation is 1. The van der Waals surface area contributed by atoms with Gasteiger partial charge in [-0.15, -0.1) is 0 Å². The van der Waals surface area contributed by atoms with Crippen molar-refractivity contribution in [2.75, 3.05) is 7.11 Å². The standard InChI is InChI=1S/C23H25NO2/c1-18-7-9-20(10-8-18)17-26-23-6-4-3-5-21(23)16-24-15-19-11-13-22(25-2)14-12-19/h3-14,24H,15-17H2,1-2H3. The number of ether oxygens (including phenoxy) is 2. The lowest BCUT2D eigenvalue weighted by molar-refractivity contribution is 0.302. The number of para-hydroxylation sites is 1. The molecule has 26 heavy (non-hydrogen) atoms. The van der Waals surface area contributed by atoms with Crippen LogP contribution < -0.4 is 14.8 Å². The molecule has 0 aliphatic rings. The summed E-state index contributed by atoms with van der Waals surface area (Å²) in [6.07, 6.45) is 0. The zero-order valence-corrected chi connectivity index (χ0v) is 15.4. The number of rotatable bonds is 8. The molecular formula is C23H25NO2. The van der Waals surface area contributed by atoms with Gasteiger partial charge in [0.15, 0.2) is 0 Å². The predicted octanol–water partition coefficient (Wildman–Crippen LogP) is 4.87. The molecule has 0 aliphatic heterocycles. The van der Waals surface area contributed by atoms with Crippen LogP contribution in [0, 0.1) is 6.92 Å². The molecule has 0 amide bonds. The molecule has 0 aromatic heterocycles. The van der Waals surface area contributed by atoms with Gasteiger partial charge in [-0.1, -0.05) is 60.2 Å². The molecule has 134 valence electrons. The number of methoxy groups -OCH3 is 1. The lowest BCUT2D eigenvalue weighted by Crippen LogP contribution is -2.13. The molecule has 0 spiro atoms. The fourth-order valence-corrected chi connectivity index (χ4v) is 2.72. The SMILES string of the molecule is COc1ccc(CNCc2ccccc2OCc2ccc(C)cc2)cc1. The van der Waals surface area contributed by atoms with Gasteiger partial charge < -0.3 is 14.8 Å². The van der Waals surface area contributed by atoms with Crippen molar-refractivity contribution in [3.63, 3.8) is 0 Å². The van der Waals surface area contributed by atoms with E-state index in [1.54, 1.807) is 7.11 Å². The molecule has 3 rings (SSSR count). The molecule has 3 aromatic carbocycles. The highest BCUT2D eigenvalue weighted by Gasteiger charge is 2.04. The molecule has 0 unspecified atom stereocenters. The molecule has 0 saturated heterocycles. The molecule has 0 radical (unpaired) electrons. The van der Waals surface area contributed by atoms with Crippen LogP contribution in [0.1, 0.15) is 22.3 Å². The summed E-state index contributed by atoms with van der Waals surface area (Å²) in [5, 5.41) is 3.48. The van der Waals surface area contributed by atoms with E-state index in [2.05, 4.69) is 54.7 Å². The van der Waals surface area contributed by atoms with Crippen LogP contribution in [0.15, 0.2) is 72.8 Å².